The van der Waals surface area contributed by atoms with Gasteiger partial charge in [-0.1, -0.05) is 146 Å². The molecule has 53 heavy (non-hydrogen) atoms. The number of nitrogens with zero attached hydrogens (tertiary/aromatic N) is 2. The van der Waals surface area contributed by atoms with Crippen molar-refractivity contribution in [3.63, 3.8) is 0 Å². The monoisotopic (exact) mass is 690 g/mol. The van der Waals surface area contributed by atoms with Crippen LogP contribution in [0.5, 0.6) is 0 Å². The second kappa shape index (κ2) is 11.0. The highest BCUT2D eigenvalue weighted by molar-refractivity contribution is 7.26. The quantitative estimate of drug-likeness (QED) is 0.169. The van der Waals surface area contributed by atoms with E-state index in [-0.39, 0.29) is 5.92 Å². The molecule has 3 heterocycles. The van der Waals surface area contributed by atoms with E-state index >= 15 is 0 Å². The minimum atomic E-state index is 0.132. The third-order valence-electron chi connectivity index (χ3n) is 11.4. The number of rotatable bonds is 3. The smallest absolute Gasteiger partial charge is 0.0789 e. The van der Waals surface area contributed by atoms with Crippen molar-refractivity contribution < 1.29 is 0 Å². The maximum Gasteiger partial charge on any atom is 0.0789 e. The predicted molar refractivity (Wildman–Crippen MR) is 225 cm³/mol. The van der Waals surface area contributed by atoms with Gasteiger partial charge in [-0.25, -0.2) is 4.98 Å². The van der Waals surface area contributed by atoms with Gasteiger partial charge in [-0.3, -0.25) is 0 Å². The van der Waals surface area contributed by atoms with Gasteiger partial charge in [0, 0.05) is 64.3 Å². The molecule has 8 aromatic carbocycles. The normalized spacial score (nSPS) is 13.8. The Labute approximate surface area is 309 Å². The molecule has 3 heteroatoms. The second-order valence-corrected chi connectivity index (χ2v) is 15.2. The molecule has 1 aliphatic rings. The van der Waals surface area contributed by atoms with E-state index in [9.17, 15) is 0 Å². The molecule has 0 bridgehead atoms. The third-order valence-corrected chi connectivity index (χ3v) is 12.6. The van der Waals surface area contributed by atoms with Gasteiger partial charge in [-0.05, 0) is 58.1 Å². The maximum absolute atomic E-state index is 5.41. The molecule has 0 amide bonds. The van der Waals surface area contributed by atoms with Crippen LogP contribution in [-0.4, -0.2) is 9.55 Å². The fraction of sp³-hybridized carbons (Fsp3) is 0.0200. The number of para-hydroxylation sites is 2. The maximum atomic E-state index is 5.41. The molecule has 1 unspecified atom stereocenters. The summed E-state index contributed by atoms with van der Waals surface area (Å²) in [5.41, 5.74) is 13.5. The third kappa shape index (κ3) is 4.06. The van der Waals surface area contributed by atoms with Gasteiger partial charge in [0.2, 0.25) is 0 Å². The van der Waals surface area contributed by atoms with Crippen LogP contribution in [0.1, 0.15) is 22.6 Å². The number of benzene rings is 8. The number of fused-ring (bicyclic) bond motifs is 14. The van der Waals surface area contributed by atoms with Gasteiger partial charge in [0.15, 0.2) is 0 Å². The van der Waals surface area contributed by atoms with E-state index in [4.69, 9.17) is 4.98 Å². The summed E-state index contributed by atoms with van der Waals surface area (Å²) in [6, 6.07) is 64.6. The van der Waals surface area contributed by atoms with Crippen LogP contribution in [0.2, 0.25) is 0 Å². The summed E-state index contributed by atoms with van der Waals surface area (Å²) < 4.78 is 5.15. The van der Waals surface area contributed by atoms with Gasteiger partial charge >= 0.3 is 0 Å². The lowest BCUT2D eigenvalue weighted by Gasteiger charge is -2.18. The Kier molecular flexibility index (Phi) is 6.02. The zero-order valence-corrected chi connectivity index (χ0v) is 29.4. The van der Waals surface area contributed by atoms with Crippen LogP contribution in [-0.2, 0) is 0 Å². The standard InChI is InChI=1S/C50H30N2S/c1-2-13-30(14-3-1)45-36-20-5-4-17-33(36)37-25-26-38-34-18-7-10-23-43(34)52(49(38)47(37)45)32-16-12-15-31(29-32)48-41-28-27-39-35-19-8-11-24-44(35)53-50(39)46(41)40-21-6-9-22-42(40)51-48/h1-29,45H. The first-order chi connectivity index (χ1) is 26.3. The van der Waals surface area contributed by atoms with Gasteiger partial charge in [0.05, 0.1) is 22.2 Å². The highest BCUT2D eigenvalue weighted by Crippen LogP contribution is 2.52. The zero-order valence-electron chi connectivity index (χ0n) is 28.6. The molecule has 3 aromatic heterocycles. The molecule has 1 atom stereocenters. The van der Waals surface area contributed by atoms with Crippen molar-refractivity contribution in [2.75, 3.05) is 0 Å². The summed E-state index contributed by atoms with van der Waals surface area (Å²) in [6.07, 6.45) is 0. The molecule has 246 valence electrons. The molecule has 12 rings (SSSR count). The topological polar surface area (TPSA) is 17.8 Å². The summed E-state index contributed by atoms with van der Waals surface area (Å²) >= 11 is 1.89. The Bertz CT molecular complexity index is 3290. The van der Waals surface area contributed by atoms with Gasteiger partial charge in [0.1, 0.15) is 0 Å². The highest BCUT2D eigenvalue weighted by atomic mass is 32.1. The van der Waals surface area contributed by atoms with Crippen molar-refractivity contribution in [2.24, 2.45) is 0 Å². The molecular weight excluding hydrogens is 661 g/mol. The summed E-state index contributed by atoms with van der Waals surface area (Å²) in [5.74, 6) is 0.132. The second-order valence-electron chi connectivity index (χ2n) is 14.2. The largest absolute Gasteiger partial charge is 0.309 e. The van der Waals surface area contributed by atoms with Gasteiger partial charge in [-0.2, -0.15) is 0 Å². The molecule has 0 saturated carbocycles. The minimum Gasteiger partial charge on any atom is -0.309 e. The fourth-order valence-electron chi connectivity index (χ4n) is 9.25. The average molecular weight is 691 g/mol. The molecule has 1 aliphatic carbocycles. The molecule has 0 N–H and O–H groups in total. The van der Waals surface area contributed by atoms with E-state index in [0.29, 0.717) is 0 Å². The lowest BCUT2D eigenvalue weighted by Crippen LogP contribution is -2.03. The van der Waals surface area contributed by atoms with Crippen LogP contribution in [0.25, 0.3) is 91.7 Å². The molecule has 0 spiro atoms. The molecule has 11 aromatic rings. The van der Waals surface area contributed by atoms with Crippen molar-refractivity contribution in [1.82, 2.24) is 9.55 Å². The van der Waals surface area contributed by atoms with E-state index < -0.39 is 0 Å². The summed E-state index contributed by atoms with van der Waals surface area (Å²) in [5, 5.41) is 8.83. The van der Waals surface area contributed by atoms with Crippen molar-refractivity contribution in [1.29, 1.82) is 0 Å². The van der Waals surface area contributed by atoms with Crippen LogP contribution in [0.3, 0.4) is 0 Å². The van der Waals surface area contributed by atoms with E-state index in [0.717, 1.165) is 22.5 Å². The van der Waals surface area contributed by atoms with Crippen molar-refractivity contribution in [3.8, 4) is 28.1 Å². The molecule has 0 aliphatic heterocycles. The Hall–Kier alpha value is -6.55. The number of hydrogen-bond acceptors (Lipinski definition) is 2. The average Bonchev–Trinajstić information content (AvgIpc) is 3.89. The molecule has 0 radical (unpaired) electrons. The molecular formula is C50H30N2S. The first kappa shape index (κ1) is 29.1. The van der Waals surface area contributed by atoms with Crippen LogP contribution in [0, 0.1) is 0 Å². The van der Waals surface area contributed by atoms with E-state index in [1.165, 1.54) is 86.0 Å². The Balaban J connectivity index is 1.16. The van der Waals surface area contributed by atoms with Gasteiger partial charge < -0.3 is 4.57 Å². The Morgan fingerprint density at radius 3 is 2.17 bits per heavy atom. The first-order valence-electron chi connectivity index (χ1n) is 18.3. The lowest BCUT2D eigenvalue weighted by atomic mass is 9.88. The molecule has 0 fully saturated rings. The van der Waals surface area contributed by atoms with Crippen LogP contribution >= 0.6 is 11.3 Å². The fourth-order valence-corrected chi connectivity index (χ4v) is 10.5. The lowest BCUT2D eigenvalue weighted by molar-refractivity contribution is 1.01. The van der Waals surface area contributed by atoms with Crippen molar-refractivity contribution in [2.45, 2.75) is 5.92 Å². The Morgan fingerprint density at radius 2 is 1.25 bits per heavy atom. The number of pyridine rings is 1. The van der Waals surface area contributed by atoms with Crippen molar-refractivity contribution in [3.05, 3.63) is 193 Å². The minimum absolute atomic E-state index is 0.132. The van der Waals surface area contributed by atoms with E-state index in [2.05, 4.69) is 180 Å². The van der Waals surface area contributed by atoms with Crippen LogP contribution in [0.4, 0.5) is 0 Å². The summed E-state index contributed by atoms with van der Waals surface area (Å²) in [7, 11) is 0. The number of hydrogen-bond donors (Lipinski definition) is 0. The molecule has 2 nitrogen and oxygen atoms in total. The number of aromatic nitrogens is 2. The predicted octanol–water partition coefficient (Wildman–Crippen LogP) is 13.7. The summed E-state index contributed by atoms with van der Waals surface area (Å²) in [4.78, 5) is 5.41. The van der Waals surface area contributed by atoms with Gasteiger partial charge in [0.25, 0.3) is 0 Å². The zero-order chi connectivity index (χ0) is 34.6. The van der Waals surface area contributed by atoms with E-state index in [1.807, 2.05) is 11.3 Å². The first-order valence-corrected chi connectivity index (χ1v) is 19.1. The SMILES string of the molecule is c1ccc(C2c3ccccc3-c3ccc4c5ccccc5n(-c5cccc(-c6nc7ccccc7c7c6ccc6c8ccccc8sc67)c5)c4c32)cc1. The van der Waals surface area contributed by atoms with Crippen molar-refractivity contribution >= 4 is 75.0 Å². The Morgan fingerprint density at radius 1 is 0.509 bits per heavy atom. The van der Waals surface area contributed by atoms with Gasteiger partial charge in [-0.15, -0.1) is 11.3 Å². The van der Waals surface area contributed by atoms with Crippen LogP contribution in [0.15, 0.2) is 176 Å². The van der Waals surface area contributed by atoms with E-state index in [1.54, 1.807) is 0 Å². The summed E-state index contributed by atoms with van der Waals surface area (Å²) in [6.45, 7) is 0. The number of thiophene rings is 1. The highest BCUT2D eigenvalue weighted by Gasteiger charge is 2.33. The molecule has 0 saturated heterocycles. The van der Waals surface area contributed by atoms with Crippen LogP contribution < -0.4 is 0 Å².